The van der Waals surface area contributed by atoms with Crippen molar-refractivity contribution in [2.24, 2.45) is 0 Å². The van der Waals surface area contributed by atoms with Crippen LogP contribution in [0.15, 0.2) is 24.3 Å². The normalized spacial score (nSPS) is 23.8. The zero-order valence-electron chi connectivity index (χ0n) is 14.9. The molecular weight excluding hydrogens is 354 g/mol. The van der Waals surface area contributed by atoms with Crippen LogP contribution in [0.3, 0.4) is 0 Å². The molecule has 7 heteroatoms. The van der Waals surface area contributed by atoms with Crippen LogP contribution in [-0.2, 0) is 9.84 Å². The summed E-state index contributed by atoms with van der Waals surface area (Å²) in [6, 6.07) is 8.60. The first-order chi connectivity index (χ1) is 11.8. The van der Waals surface area contributed by atoms with E-state index in [-0.39, 0.29) is 6.04 Å². The predicted molar refractivity (Wildman–Crippen MR) is 107 cm³/mol. The van der Waals surface area contributed by atoms with Crippen LogP contribution in [-0.4, -0.2) is 67.1 Å². The molecule has 2 saturated heterocycles. The van der Waals surface area contributed by atoms with Gasteiger partial charge in [-0.05, 0) is 42.3 Å². The molecule has 2 heterocycles. The molecule has 25 heavy (non-hydrogen) atoms. The van der Waals surface area contributed by atoms with Gasteiger partial charge in [-0.2, -0.15) is 0 Å². The standard InChI is InChI=1S/C18H27N3O2S2/c1-14(2)15-3-5-16(6-4-15)19-18(24)21-10-8-20(9-11-21)17-7-12-25(22,23)13-17/h3-6,14,17H,7-13H2,1-2H3,(H,19,24)/t17-/m1/s1. The van der Waals surface area contributed by atoms with Crippen LogP contribution in [0.25, 0.3) is 0 Å². The quantitative estimate of drug-likeness (QED) is 0.811. The summed E-state index contributed by atoms with van der Waals surface area (Å²) in [5, 5.41) is 4.06. The molecule has 0 saturated carbocycles. The third kappa shape index (κ3) is 4.71. The fraction of sp³-hybridized carbons (Fsp3) is 0.611. The van der Waals surface area contributed by atoms with Gasteiger partial charge in [-0.1, -0.05) is 26.0 Å². The maximum Gasteiger partial charge on any atom is 0.173 e. The van der Waals surface area contributed by atoms with Crippen molar-refractivity contribution in [2.45, 2.75) is 32.2 Å². The maximum atomic E-state index is 11.7. The number of nitrogens with one attached hydrogen (secondary N) is 1. The molecule has 0 aliphatic carbocycles. The van der Waals surface area contributed by atoms with Crippen molar-refractivity contribution in [2.75, 3.05) is 43.0 Å². The van der Waals surface area contributed by atoms with Crippen molar-refractivity contribution in [3.63, 3.8) is 0 Å². The maximum absolute atomic E-state index is 11.7. The molecule has 0 aromatic heterocycles. The summed E-state index contributed by atoms with van der Waals surface area (Å²) in [6.07, 6.45) is 0.771. The smallest absolute Gasteiger partial charge is 0.173 e. The molecule has 5 nitrogen and oxygen atoms in total. The second-order valence-electron chi connectivity index (χ2n) is 7.29. The molecule has 1 aromatic rings. The van der Waals surface area contributed by atoms with E-state index in [2.05, 4.69) is 53.2 Å². The van der Waals surface area contributed by atoms with E-state index >= 15 is 0 Å². The van der Waals surface area contributed by atoms with Crippen molar-refractivity contribution in [3.8, 4) is 0 Å². The lowest BCUT2D eigenvalue weighted by Crippen LogP contribution is -2.53. The minimum absolute atomic E-state index is 0.192. The fourth-order valence-corrected chi connectivity index (χ4v) is 5.57. The summed E-state index contributed by atoms with van der Waals surface area (Å²) in [5.41, 5.74) is 2.33. The summed E-state index contributed by atoms with van der Waals surface area (Å²) >= 11 is 5.55. The summed E-state index contributed by atoms with van der Waals surface area (Å²) in [4.78, 5) is 4.48. The predicted octanol–water partition coefficient (Wildman–Crippen LogP) is 2.31. The molecule has 2 aliphatic heterocycles. The van der Waals surface area contributed by atoms with Crippen molar-refractivity contribution < 1.29 is 8.42 Å². The Kier molecular flexibility index (Phi) is 5.65. The molecule has 0 spiro atoms. The highest BCUT2D eigenvalue weighted by Gasteiger charge is 2.33. The van der Waals surface area contributed by atoms with Gasteiger partial charge in [0.15, 0.2) is 14.9 Å². The molecule has 1 aromatic carbocycles. The first-order valence-electron chi connectivity index (χ1n) is 8.94. The lowest BCUT2D eigenvalue weighted by molar-refractivity contribution is 0.144. The minimum atomic E-state index is -2.82. The van der Waals surface area contributed by atoms with E-state index in [1.165, 1.54) is 5.56 Å². The van der Waals surface area contributed by atoms with E-state index in [9.17, 15) is 8.42 Å². The average molecular weight is 382 g/mol. The molecule has 3 rings (SSSR count). The van der Waals surface area contributed by atoms with Crippen molar-refractivity contribution in [1.29, 1.82) is 0 Å². The number of rotatable bonds is 3. The summed E-state index contributed by atoms with van der Waals surface area (Å²) in [7, 11) is -2.82. The summed E-state index contributed by atoms with van der Waals surface area (Å²) in [5.74, 6) is 1.18. The Morgan fingerprint density at radius 2 is 1.80 bits per heavy atom. The van der Waals surface area contributed by atoms with Crippen molar-refractivity contribution in [1.82, 2.24) is 9.80 Å². The van der Waals surface area contributed by atoms with Crippen LogP contribution >= 0.6 is 12.2 Å². The van der Waals surface area contributed by atoms with E-state index in [1.54, 1.807) is 0 Å². The lowest BCUT2D eigenvalue weighted by Gasteiger charge is -2.38. The van der Waals surface area contributed by atoms with Crippen molar-refractivity contribution >= 4 is 32.9 Å². The van der Waals surface area contributed by atoms with Crippen LogP contribution in [0, 0.1) is 0 Å². The zero-order chi connectivity index (χ0) is 18.0. The van der Waals surface area contributed by atoms with E-state index in [1.807, 2.05) is 0 Å². The van der Waals surface area contributed by atoms with Gasteiger partial charge in [-0.3, -0.25) is 4.90 Å². The Labute approximate surface area is 156 Å². The zero-order valence-corrected chi connectivity index (χ0v) is 16.6. The molecule has 1 atom stereocenters. The molecule has 2 aliphatic rings. The molecule has 0 bridgehead atoms. The number of anilines is 1. The number of thiocarbonyl (C=S) groups is 1. The Balaban J connectivity index is 1.50. The molecule has 1 N–H and O–H groups in total. The van der Waals surface area contributed by atoms with Gasteiger partial charge < -0.3 is 10.2 Å². The summed E-state index contributed by atoms with van der Waals surface area (Å²) in [6.45, 7) is 7.78. The summed E-state index contributed by atoms with van der Waals surface area (Å²) < 4.78 is 23.3. The molecule has 0 amide bonds. The molecule has 0 radical (unpaired) electrons. The number of piperazine rings is 1. The van der Waals surface area contributed by atoms with Crippen LogP contribution in [0.4, 0.5) is 5.69 Å². The highest BCUT2D eigenvalue weighted by molar-refractivity contribution is 7.91. The number of benzene rings is 1. The average Bonchev–Trinajstić information content (AvgIpc) is 2.95. The van der Waals surface area contributed by atoms with Crippen LogP contribution in [0.1, 0.15) is 31.7 Å². The number of sulfone groups is 1. The van der Waals surface area contributed by atoms with Crippen LogP contribution in [0.2, 0.25) is 0 Å². The highest BCUT2D eigenvalue weighted by atomic mass is 32.2. The van der Waals surface area contributed by atoms with Crippen LogP contribution in [0.5, 0.6) is 0 Å². The Morgan fingerprint density at radius 3 is 2.32 bits per heavy atom. The first kappa shape index (κ1) is 18.6. The minimum Gasteiger partial charge on any atom is -0.346 e. The Morgan fingerprint density at radius 1 is 1.16 bits per heavy atom. The number of nitrogens with zero attached hydrogens (tertiary/aromatic N) is 2. The second kappa shape index (κ2) is 7.60. The molecule has 0 unspecified atom stereocenters. The first-order valence-corrected chi connectivity index (χ1v) is 11.2. The van der Waals surface area contributed by atoms with Gasteiger partial charge in [0, 0.05) is 37.9 Å². The van der Waals surface area contributed by atoms with E-state index < -0.39 is 9.84 Å². The van der Waals surface area contributed by atoms with Gasteiger partial charge in [0.1, 0.15) is 0 Å². The number of hydrogen-bond acceptors (Lipinski definition) is 4. The van der Waals surface area contributed by atoms with Crippen molar-refractivity contribution in [3.05, 3.63) is 29.8 Å². The topological polar surface area (TPSA) is 52.6 Å². The SMILES string of the molecule is CC(C)c1ccc(NC(=S)N2CCN([C@@H]3CCS(=O)(=O)C3)CC2)cc1. The van der Waals surface area contributed by atoms with Crippen LogP contribution < -0.4 is 5.32 Å². The lowest BCUT2D eigenvalue weighted by atomic mass is 10.0. The Hall–Kier alpha value is -1.18. The number of hydrogen-bond donors (Lipinski definition) is 1. The van der Waals surface area contributed by atoms with E-state index in [4.69, 9.17) is 12.2 Å². The van der Waals surface area contributed by atoms with Gasteiger partial charge in [0.05, 0.1) is 11.5 Å². The largest absolute Gasteiger partial charge is 0.346 e. The highest BCUT2D eigenvalue weighted by Crippen LogP contribution is 2.20. The third-order valence-corrected chi connectivity index (χ3v) is 7.27. The van der Waals surface area contributed by atoms with Gasteiger partial charge >= 0.3 is 0 Å². The Bertz CT molecular complexity index is 708. The van der Waals surface area contributed by atoms with Gasteiger partial charge in [-0.25, -0.2) is 8.42 Å². The molecule has 138 valence electrons. The fourth-order valence-electron chi connectivity index (χ4n) is 3.51. The molecule has 2 fully saturated rings. The third-order valence-electron chi connectivity index (χ3n) is 5.15. The van der Waals surface area contributed by atoms with Gasteiger partial charge in [0.2, 0.25) is 0 Å². The molecular formula is C18H27N3O2S2. The van der Waals surface area contributed by atoms with Gasteiger partial charge in [0.25, 0.3) is 0 Å². The van der Waals surface area contributed by atoms with E-state index in [0.29, 0.717) is 17.4 Å². The monoisotopic (exact) mass is 381 g/mol. The van der Waals surface area contributed by atoms with E-state index in [0.717, 1.165) is 43.4 Å². The van der Waals surface area contributed by atoms with Gasteiger partial charge in [-0.15, -0.1) is 0 Å². The second-order valence-corrected chi connectivity index (χ2v) is 9.90.